The fourth-order valence-corrected chi connectivity index (χ4v) is 1.90. The monoisotopic (exact) mass is 249 g/mol. The molecule has 1 aromatic carbocycles. The summed E-state index contributed by atoms with van der Waals surface area (Å²) >= 11 is 0. The largest absolute Gasteiger partial charge is 0.385 e. The molecule has 0 radical (unpaired) electrons. The average molecular weight is 249 g/mol. The highest BCUT2D eigenvalue weighted by Gasteiger charge is 2.11. The van der Waals surface area contributed by atoms with Gasteiger partial charge in [0.2, 0.25) is 0 Å². The van der Waals surface area contributed by atoms with Crippen molar-refractivity contribution < 1.29 is 9.53 Å². The second kappa shape index (κ2) is 6.26. The molecule has 3 N–H and O–H groups in total. The lowest BCUT2D eigenvalue weighted by Crippen LogP contribution is -2.26. The molecule has 0 fully saturated rings. The van der Waals surface area contributed by atoms with E-state index in [0.29, 0.717) is 18.7 Å². The number of methoxy groups -OCH3 is 1. The minimum absolute atomic E-state index is 0.0405. The topological polar surface area (TPSA) is 62.4 Å². The van der Waals surface area contributed by atoms with Gasteiger partial charge in [-0.25, -0.2) is 0 Å². The molecule has 5 heteroatoms. The molecular formula is C13H19N3O2. The fourth-order valence-electron chi connectivity index (χ4n) is 1.90. The van der Waals surface area contributed by atoms with Crippen LogP contribution in [0.2, 0.25) is 0 Å². The third-order valence-electron chi connectivity index (χ3n) is 2.85. The van der Waals surface area contributed by atoms with Crippen LogP contribution in [0.25, 0.3) is 0 Å². The van der Waals surface area contributed by atoms with Gasteiger partial charge in [0.15, 0.2) is 0 Å². The van der Waals surface area contributed by atoms with Crippen molar-refractivity contribution in [2.75, 3.05) is 44.0 Å². The normalized spacial score (nSPS) is 13.2. The summed E-state index contributed by atoms with van der Waals surface area (Å²) in [4.78, 5) is 11.9. The van der Waals surface area contributed by atoms with E-state index < -0.39 is 0 Å². The summed E-state index contributed by atoms with van der Waals surface area (Å²) in [6, 6.07) is 5.66. The minimum Gasteiger partial charge on any atom is -0.385 e. The van der Waals surface area contributed by atoms with Crippen molar-refractivity contribution in [1.82, 2.24) is 5.32 Å². The first kappa shape index (κ1) is 12.7. The number of fused-ring (bicyclic) bond motifs is 1. The molecule has 1 aromatic rings. The molecule has 1 heterocycles. The summed E-state index contributed by atoms with van der Waals surface area (Å²) in [6.07, 6.45) is 0.826. The molecule has 5 nitrogen and oxygen atoms in total. The van der Waals surface area contributed by atoms with Crippen molar-refractivity contribution in [3.8, 4) is 0 Å². The highest BCUT2D eigenvalue weighted by atomic mass is 16.5. The average Bonchev–Trinajstić information content (AvgIpc) is 2.43. The summed E-state index contributed by atoms with van der Waals surface area (Å²) in [7, 11) is 1.66. The Morgan fingerprint density at radius 3 is 2.89 bits per heavy atom. The van der Waals surface area contributed by atoms with Crippen LogP contribution in [0.5, 0.6) is 0 Å². The molecule has 1 aliphatic heterocycles. The van der Waals surface area contributed by atoms with Crippen molar-refractivity contribution in [2.45, 2.75) is 6.42 Å². The van der Waals surface area contributed by atoms with Gasteiger partial charge in [0.25, 0.3) is 5.91 Å². The Kier molecular flexibility index (Phi) is 4.41. The Bertz CT molecular complexity index is 421. The van der Waals surface area contributed by atoms with Gasteiger partial charge >= 0.3 is 0 Å². The lowest BCUT2D eigenvalue weighted by atomic mass is 10.1. The molecule has 98 valence electrons. The summed E-state index contributed by atoms with van der Waals surface area (Å²) < 4.78 is 4.93. The van der Waals surface area contributed by atoms with E-state index >= 15 is 0 Å². The van der Waals surface area contributed by atoms with Crippen LogP contribution < -0.4 is 16.0 Å². The Morgan fingerprint density at radius 2 is 2.11 bits per heavy atom. The van der Waals surface area contributed by atoms with Gasteiger partial charge < -0.3 is 20.7 Å². The molecule has 1 aliphatic rings. The maximum Gasteiger partial charge on any atom is 0.251 e. The number of anilines is 2. The van der Waals surface area contributed by atoms with E-state index in [1.54, 1.807) is 7.11 Å². The maximum absolute atomic E-state index is 11.9. The molecule has 0 spiro atoms. The Balaban J connectivity index is 1.94. The summed E-state index contributed by atoms with van der Waals surface area (Å²) in [5.41, 5.74) is 2.73. The quantitative estimate of drug-likeness (QED) is 0.688. The zero-order valence-corrected chi connectivity index (χ0v) is 10.6. The molecule has 0 bridgehead atoms. The molecule has 0 unspecified atom stereocenters. The van der Waals surface area contributed by atoms with Crippen molar-refractivity contribution in [2.24, 2.45) is 0 Å². The Morgan fingerprint density at radius 1 is 1.33 bits per heavy atom. The zero-order valence-electron chi connectivity index (χ0n) is 10.6. The Hall–Kier alpha value is -1.75. The van der Waals surface area contributed by atoms with E-state index in [0.717, 1.165) is 30.9 Å². The number of hydrogen-bond donors (Lipinski definition) is 3. The van der Waals surface area contributed by atoms with Crippen molar-refractivity contribution >= 4 is 17.3 Å². The number of benzene rings is 1. The third kappa shape index (κ3) is 3.13. The molecule has 1 amide bonds. The number of nitrogens with one attached hydrogen (secondary N) is 3. The minimum atomic E-state index is -0.0405. The predicted molar refractivity (Wildman–Crippen MR) is 72.2 cm³/mol. The maximum atomic E-state index is 11.9. The number of rotatable bonds is 5. The molecule has 0 atom stereocenters. The summed E-state index contributed by atoms with van der Waals surface area (Å²) in [6.45, 7) is 3.09. The van der Waals surface area contributed by atoms with Crippen LogP contribution in [0, 0.1) is 0 Å². The van der Waals surface area contributed by atoms with Gasteiger partial charge in [-0.1, -0.05) is 0 Å². The molecule has 0 saturated carbocycles. The van der Waals surface area contributed by atoms with Crippen molar-refractivity contribution in [1.29, 1.82) is 0 Å². The molecule has 18 heavy (non-hydrogen) atoms. The lowest BCUT2D eigenvalue weighted by Gasteiger charge is -2.20. The molecule has 0 saturated heterocycles. The van der Waals surface area contributed by atoms with Crippen molar-refractivity contribution in [3.05, 3.63) is 23.8 Å². The highest BCUT2D eigenvalue weighted by molar-refractivity contribution is 5.96. The van der Waals surface area contributed by atoms with Gasteiger partial charge in [-0.3, -0.25) is 4.79 Å². The van der Waals surface area contributed by atoms with E-state index in [9.17, 15) is 4.79 Å². The van der Waals surface area contributed by atoms with Gasteiger partial charge in [-0.15, -0.1) is 0 Å². The van der Waals surface area contributed by atoms with E-state index in [1.165, 1.54) is 0 Å². The number of amides is 1. The van der Waals surface area contributed by atoms with Crippen molar-refractivity contribution in [3.63, 3.8) is 0 Å². The molecule has 0 aliphatic carbocycles. The third-order valence-corrected chi connectivity index (χ3v) is 2.85. The van der Waals surface area contributed by atoms with Gasteiger partial charge in [0.05, 0.1) is 11.4 Å². The summed E-state index contributed by atoms with van der Waals surface area (Å²) in [5, 5.41) is 9.42. The van der Waals surface area contributed by atoms with Gasteiger partial charge in [-0.05, 0) is 24.6 Å². The molecule has 0 aromatic heterocycles. The van der Waals surface area contributed by atoms with E-state index in [-0.39, 0.29) is 5.91 Å². The zero-order chi connectivity index (χ0) is 12.8. The smallest absolute Gasteiger partial charge is 0.251 e. The molecular weight excluding hydrogens is 230 g/mol. The number of carbonyl (C=O) groups excluding carboxylic acids is 1. The van der Waals surface area contributed by atoms with Gasteiger partial charge in [0, 0.05) is 38.9 Å². The SMILES string of the molecule is COCCCNC(=O)c1ccc2c(c1)NCCN2. The van der Waals surface area contributed by atoms with E-state index in [4.69, 9.17) is 4.74 Å². The number of ether oxygens (including phenoxy) is 1. The van der Waals surface area contributed by atoms with Gasteiger partial charge in [0.1, 0.15) is 0 Å². The summed E-state index contributed by atoms with van der Waals surface area (Å²) in [5.74, 6) is -0.0405. The van der Waals surface area contributed by atoms with Crippen LogP contribution in [0.15, 0.2) is 18.2 Å². The van der Waals surface area contributed by atoms with Crippen LogP contribution >= 0.6 is 0 Å². The lowest BCUT2D eigenvalue weighted by molar-refractivity contribution is 0.0948. The fraction of sp³-hybridized carbons (Fsp3) is 0.462. The number of hydrogen-bond acceptors (Lipinski definition) is 4. The van der Waals surface area contributed by atoms with Crippen LogP contribution in [0.4, 0.5) is 11.4 Å². The van der Waals surface area contributed by atoms with Gasteiger partial charge in [-0.2, -0.15) is 0 Å². The Labute approximate surface area is 107 Å². The van der Waals surface area contributed by atoms with Crippen LogP contribution in [-0.2, 0) is 4.74 Å². The van der Waals surface area contributed by atoms with Crippen LogP contribution in [0.1, 0.15) is 16.8 Å². The second-order valence-electron chi connectivity index (χ2n) is 4.22. The molecule has 2 rings (SSSR count). The predicted octanol–water partition coefficient (Wildman–Crippen LogP) is 1.29. The van der Waals surface area contributed by atoms with E-state index in [2.05, 4.69) is 16.0 Å². The first-order valence-electron chi connectivity index (χ1n) is 6.20. The first-order valence-corrected chi connectivity index (χ1v) is 6.20. The highest BCUT2D eigenvalue weighted by Crippen LogP contribution is 2.25. The first-order chi connectivity index (χ1) is 8.81. The van der Waals surface area contributed by atoms with E-state index in [1.807, 2.05) is 18.2 Å². The second-order valence-corrected chi connectivity index (χ2v) is 4.22. The number of carbonyl (C=O) groups is 1. The van der Waals surface area contributed by atoms with Crippen LogP contribution in [0.3, 0.4) is 0 Å². The standard InChI is InChI=1S/C13H19N3O2/c1-18-8-2-5-16-13(17)10-3-4-11-12(9-10)15-7-6-14-11/h3-4,9,14-15H,2,5-8H2,1H3,(H,16,17). The van der Waals surface area contributed by atoms with Crippen LogP contribution in [-0.4, -0.2) is 39.3 Å².